The number of benzene rings is 1. The smallest absolute Gasteiger partial charge is 0.138 e. The number of ether oxygens (including phenoxy) is 1. The Morgan fingerprint density at radius 1 is 1.30 bits per heavy atom. The van der Waals surface area contributed by atoms with Gasteiger partial charge in [0.05, 0.1) is 19.3 Å². The summed E-state index contributed by atoms with van der Waals surface area (Å²) in [7, 11) is 0. The molecule has 20 heavy (non-hydrogen) atoms. The molecular weight excluding hydrogens is 254 g/mol. The number of nitrogens with two attached hydrogens (primary N) is 1. The van der Waals surface area contributed by atoms with Crippen LogP contribution in [0.15, 0.2) is 36.5 Å². The first kappa shape index (κ1) is 14.7. The Morgan fingerprint density at radius 3 is 2.70 bits per heavy atom. The maximum absolute atomic E-state index is 10.5. The fourth-order valence-corrected chi connectivity index (χ4v) is 2.19. The normalized spacial score (nSPS) is 17.2. The highest BCUT2D eigenvalue weighted by Crippen LogP contribution is 2.09. The summed E-state index contributed by atoms with van der Waals surface area (Å²) in [5, 5.41) is 1.28. The number of hydrogen-bond donors (Lipinski definition) is 2. The van der Waals surface area contributed by atoms with Crippen LogP contribution >= 0.6 is 0 Å². The van der Waals surface area contributed by atoms with Crippen LogP contribution < -0.4 is 5.73 Å². The molecule has 0 bridgehead atoms. The highest BCUT2D eigenvalue weighted by Gasteiger charge is 2.18. The molecule has 1 saturated heterocycles. The van der Waals surface area contributed by atoms with Crippen molar-refractivity contribution in [1.82, 2.24) is 9.88 Å². The minimum absolute atomic E-state index is 0.112. The van der Waals surface area contributed by atoms with Crippen molar-refractivity contribution in [1.29, 1.82) is 0 Å². The molecule has 0 spiro atoms. The zero-order chi connectivity index (χ0) is 14.2. The zero-order valence-electron chi connectivity index (χ0n) is 11.5. The van der Waals surface area contributed by atoms with Gasteiger partial charge in [0.2, 0.25) is 0 Å². The van der Waals surface area contributed by atoms with Crippen molar-refractivity contribution < 1.29 is 9.53 Å². The first-order chi connectivity index (χ1) is 9.85. The lowest BCUT2D eigenvalue weighted by molar-refractivity contribution is -0.113. The largest absolute Gasteiger partial charge is 0.379 e. The molecule has 1 aromatic heterocycles. The average molecular weight is 275 g/mol. The molecule has 3 N–H and O–H groups in total. The van der Waals surface area contributed by atoms with E-state index in [1.807, 2.05) is 18.3 Å². The lowest BCUT2D eigenvalue weighted by Gasteiger charge is -2.30. The van der Waals surface area contributed by atoms with Crippen LogP contribution in [0, 0.1) is 0 Å². The van der Waals surface area contributed by atoms with Crippen LogP contribution in [0.25, 0.3) is 10.9 Å². The van der Waals surface area contributed by atoms with Crippen molar-refractivity contribution in [2.75, 3.05) is 32.8 Å². The minimum atomic E-state index is -0.112. The second-order valence-electron chi connectivity index (χ2n) is 4.65. The number of nitrogens with one attached hydrogen (secondary N) is 1. The lowest BCUT2D eigenvalue weighted by Crippen LogP contribution is -2.47. The molecule has 1 aliphatic rings. The van der Waals surface area contributed by atoms with Gasteiger partial charge >= 0.3 is 0 Å². The Hall–Kier alpha value is -1.69. The fourth-order valence-electron chi connectivity index (χ4n) is 2.19. The van der Waals surface area contributed by atoms with Crippen LogP contribution in [-0.4, -0.2) is 55.1 Å². The van der Waals surface area contributed by atoms with Crippen LogP contribution in [0.4, 0.5) is 0 Å². The molecule has 1 atom stereocenters. The molecule has 1 fully saturated rings. The van der Waals surface area contributed by atoms with Gasteiger partial charge in [-0.05, 0) is 17.5 Å². The summed E-state index contributed by atoms with van der Waals surface area (Å²) in [6.45, 7) is 3.47. The number of aromatic amines is 1. The zero-order valence-corrected chi connectivity index (χ0v) is 11.5. The van der Waals surface area contributed by atoms with Crippen molar-refractivity contribution in [3.05, 3.63) is 36.5 Å². The maximum Gasteiger partial charge on any atom is 0.138 e. The number of carbonyl (C=O) groups is 1. The molecule has 2 aromatic rings. The third-order valence-corrected chi connectivity index (χ3v) is 3.38. The van der Waals surface area contributed by atoms with Gasteiger partial charge in [-0.3, -0.25) is 4.90 Å². The third-order valence-electron chi connectivity index (χ3n) is 3.38. The molecule has 1 unspecified atom stereocenters. The van der Waals surface area contributed by atoms with Gasteiger partial charge in [0.1, 0.15) is 6.29 Å². The standard InChI is InChI=1S/C8H7N.C7H14N2O2/c1-2-4-8-7(3-1)5-6-9-8;8-5-7(6-10)9-1-3-11-4-2-9/h1-6,9H;6-7H,1-5,8H2. The van der Waals surface area contributed by atoms with Gasteiger partial charge in [-0.25, -0.2) is 0 Å². The number of carbonyl (C=O) groups excluding carboxylic acids is 1. The second-order valence-corrected chi connectivity index (χ2v) is 4.65. The van der Waals surface area contributed by atoms with E-state index in [9.17, 15) is 4.79 Å². The van der Waals surface area contributed by atoms with Gasteiger partial charge in [-0.2, -0.15) is 0 Å². The number of H-pyrrole nitrogens is 1. The van der Waals surface area contributed by atoms with E-state index < -0.39 is 0 Å². The topological polar surface area (TPSA) is 71.3 Å². The summed E-state index contributed by atoms with van der Waals surface area (Å²) in [5.74, 6) is 0. The van der Waals surface area contributed by atoms with Crippen molar-refractivity contribution in [2.45, 2.75) is 6.04 Å². The van der Waals surface area contributed by atoms with E-state index in [0.717, 1.165) is 19.4 Å². The van der Waals surface area contributed by atoms with Crippen LogP contribution in [0.5, 0.6) is 0 Å². The molecule has 0 saturated carbocycles. The van der Waals surface area contributed by atoms with Crippen molar-refractivity contribution in [3.8, 4) is 0 Å². The van der Waals surface area contributed by atoms with Crippen molar-refractivity contribution >= 4 is 17.2 Å². The molecule has 5 heteroatoms. The molecule has 108 valence electrons. The van der Waals surface area contributed by atoms with Gasteiger partial charge in [-0.1, -0.05) is 18.2 Å². The highest BCUT2D eigenvalue weighted by atomic mass is 16.5. The van der Waals surface area contributed by atoms with Crippen LogP contribution in [0.2, 0.25) is 0 Å². The lowest BCUT2D eigenvalue weighted by atomic mass is 10.2. The number of fused-ring (bicyclic) bond motifs is 1. The summed E-state index contributed by atoms with van der Waals surface area (Å²) in [4.78, 5) is 15.6. The van der Waals surface area contributed by atoms with Gasteiger partial charge in [0.25, 0.3) is 0 Å². The van der Waals surface area contributed by atoms with E-state index in [0.29, 0.717) is 19.8 Å². The van der Waals surface area contributed by atoms with Crippen LogP contribution in [-0.2, 0) is 9.53 Å². The van der Waals surface area contributed by atoms with Crippen molar-refractivity contribution in [2.24, 2.45) is 5.73 Å². The first-order valence-electron chi connectivity index (χ1n) is 6.84. The van der Waals surface area contributed by atoms with E-state index in [2.05, 4.69) is 28.1 Å². The number of morpholine rings is 1. The Labute approximate surface area is 118 Å². The number of para-hydroxylation sites is 1. The summed E-state index contributed by atoms with van der Waals surface area (Å²) >= 11 is 0. The number of rotatable bonds is 3. The Kier molecular flexibility index (Phi) is 5.73. The van der Waals surface area contributed by atoms with Gasteiger partial charge in [0, 0.05) is 31.3 Å². The number of hydrogen-bond acceptors (Lipinski definition) is 4. The van der Waals surface area contributed by atoms with E-state index in [-0.39, 0.29) is 6.04 Å². The molecule has 0 radical (unpaired) electrons. The minimum Gasteiger partial charge on any atom is -0.379 e. The molecular formula is C15H21N3O2. The highest BCUT2D eigenvalue weighted by molar-refractivity contribution is 5.78. The molecule has 0 amide bonds. The Balaban J connectivity index is 0.000000149. The average Bonchev–Trinajstić information content (AvgIpc) is 2.99. The van der Waals surface area contributed by atoms with Crippen molar-refractivity contribution in [3.63, 3.8) is 0 Å². The molecule has 5 nitrogen and oxygen atoms in total. The quantitative estimate of drug-likeness (QED) is 0.820. The number of nitrogens with zero attached hydrogens (tertiary/aromatic N) is 1. The molecule has 1 aromatic carbocycles. The number of aromatic nitrogens is 1. The summed E-state index contributed by atoms with van der Waals surface area (Å²) in [6, 6.07) is 10.2. The fraction of sp³-hybridized carbons (Fsp3) is 0.400. The molecule has 1 aliphatic heterocycles. The molecule has 3 rings (SSSR count). The van der Waals surface area contributed by atoms with E-state index in [4.69, 9.17) is 10.5 Å². The van der Waals surface area contributed by atoms with E-state index in [1.165, 1.54) is 10.9 Å². The SMILES string of the molecule is NCC(C=O)N1CCOCC1.c1ccc2[nH]ccc2c1. The van der Waals surface area contributed by atoms with Gasteiger partial charge < -0.3 is 20.2 Å². The van der Waals surface area contributed by atoms with E-state index >= 15 is 0 Å². The third kappa shape index (κ3) is 3.90. The monoisotopic (exact) mass is 275 g/mol. The molecule has 2 heterocycles. The van der Waals surface area contributed by atoms with E-state index in [1.54, 1.807) is 0 Å². The second kappa shape index (κ2) is 7.79. The van der Waals surface area contributed by atoms with Gasteiger partial charge in [0.15, 0.2) is 0 Å². The summed E-state index contributed by atoms with van der Waals surface area (Å²) in [5.41, 5.74) is 6.61. The summed E-state index contributed by atoms with van der Waals surface area (Å²) in [6.07, 6.45) is 2.86. The van der Waals surface area contributed by atoms with Crippen LogP contribution in [0.3, 0.4) is 0 Å². The van der Waals surface area contributed by atoms with Gasteiger partial charge in [-0.15, -0.1) is 0 Å². The van der Waals surface area contributed by atoms with Crippen LogP contribution in [0.1, 0.15) is 0 Å². The number of aldehydes is 1. The molecule has 0 aliphatic carbocycles. The predicted molar refractivity (Wildman–Crippen MR) is 79.6 cm³/mol. The summed E-state index contributed by atoms with van der Waals surface area (Å²) < 4.78 is 5.14. The maximum atomic E-state index is 10.5. The first-order valence-corrected chi connectivity index (χ1v) is 6.84. The predicted octanol–water partition coefficient (Wildman–Crippen LogP) is 1.01. The Bertz CT molecular complexity index is 490. The Morgan fingerprint density at radius 2 is 2.05 bits per heavy atom.